The summed E-state index contributed by atoms with van der Waals surface area (Å²) in [4.78, 5) is 55.4. The number of ether oxygens (including phenoxy) is 1. The first-order chi connectivity index (χ1) is 22.3. The number of rotatable bonds is 13. The molecule has 3 aromatic rings. The Morgan fingerprint density at radius 3 is 2.40 bits per heavy atom. The number of carbonyl (C=O) groups excluding carboxylic acids is 3. The summed E-state index contributed by atoms with van der Waals surface area (Å²) in [6.45, 7) is 1.63. The van der Waals surface area contributed by atoms with E-state index in [-0.39, 0.29) is 45.1 Å². The van der Waals surface area contributed by atoms with Gasteiger partial charge in [-0.2, -0.15) is 13.2 Å². The quantitative estimate of drug-likeness (QED) is 0.181. The van der Waals surface area contributed by atoms with Crippen LogP contribution >= 0.6 is 0 Å². The zero-order valence-electron chi connectivity index (χ0n) is 26.4. The van der Waals surface area contributed by atoms with Crippen molar-refractivity contribution in [2.75, 3.05) is 13.6 Å². The summed E-state index contributed by atoms with van der Waals surface area (Å²) in [5.41, 5.74) is 0.662. The molecular formula is C34H41F3N4O6. The van der Waals surface area contributed by atoms with E-state index >= 15 is 0 Å². The molecule has 0 aliphatic heterocycles. The second-order valence-electron chi connectivity index (χ2n) is 12.3. The van der Waals surface area contributed by atoms with Gasteiger partial charge in [-0.25, -0.2) is 4.79 Å². The Kier molecular flexibility index (Phi) is 11.5. The fourth-order valence-corrected chi connectivity index (χ4v) is 6.18. The third kappa shape index (κ3) is 9.49. The Labute approximate surface area is 271 Å². The fraction of sp³-hybridized carbons (Fsp3) is 0.471. The maximum atomic E-state index is 14.1. The summed E-state index contributed by atoms with van der Waals surface area (Å²) < 4.78 is 46.5. The van der Waals surface area contributed by atoms with E-state index in [9.17, 15) is 32.3 Å². The van der Waals surface area contributed by atoms with Crippen molar-refractivity contribution in [3.63, 3.8) is 0 Å². The first-order valence-corrected chi connectivity index (χ1v) is 15.7. The molecule has 254 valence electrons. The van der Waals surface area contributed by atoms with Gasteiger partial charge in [-0.05, 0) is 49.8 Å². The average molecular weight is 659 g/mol. The normalized spacial score (nSPS) is 18.5. The fourth-order valence-electron chi connectivity index (χ4n) is 6.18. The van der Waals surface area contributed by atoms with E-state index in [1.807, 2.05) is 42.5 Å². The molecule has 4 atom stereocenters. The summed E-state index contributed by atoms with van der Waals surface area (Å²) in [6.07, 6.45) is -4.71. The highest BCUT2D eigenvalue weighted by molar-refractivity contribution is 5.91. The Morgan fingerprint density at radius 1 is 1.02 bits per heavy atom. The molecule has 1 aliphatic rings. The minimum atomic E-state index is -4.52. The molecule has 4 N–H and O–H groups in total. The zero-order valence-corrected chi connectivity index (χ0v) is 26.4. The second-order valence-corrected chi connectivity index (χ2v) is 12.3. The number of nitrogens with zero attached hydrogens (tertiary/aromatic N) is 1. The van der Waals surface area contributed by atoms with Crippen molar-refractivity contribution in [1.82, 2.24) is 20.5 Å². The molecule has 0 spiro atoms. The molecule has 1 heterocycles. The van der Waals surface area contributed by atoms with Crippen LogP contribution in [0.25, 0.3) is 10.9 Å². The van der Waals surface area contributed by atoms with Gasteiger partial charge in [0.25, 0.3) is 0 Å². The van der Waals surface area contributed by atoms with Crippen molar-refractivity contribution < 1.29 is 42.2 Å². The van der Waals surface area contributed by atoms with Crippen LogP contribution in [0, 0.1) is 5.92 Å². The number of carboxylic acids is 1. The van der Waals surface area contributed by atoms with Gasteiger partial charge in [0.1, 0.15) is 11.6 Å². The number of amides is 3. The molecule has 3 amide bonds. The monoisotopic (exact) mass is 658 g/mol. The topological polar surface area (TPSA) is 141 Å². The smallest absolute Gasteiger partial charge is 0.408 e. The summed E-state index contributed by atoms with van der Waals surface area (Å²) in [7, 11) is 1.54. The van der Waals surface area contributed by atoms with Crippen LogP contribution in [0.4, 0.5) is 18.0 Å². The van der Waals surface area contributed by atoms with Crippen LogP contribution in [-0.4, -0.2) is 70.3 Å². The number of fused-ring (bicyclic) bond motifs is 1. The summed E-state index contributed by atoms with van der Waals surface area (Å²) in [5, 5.41) is 15.2. The molecule has 0 radical (unpaired) electrons. The number of hydrogen-bond donors (Lipinski definition) is 4. The van der Waals surface area contributed by atoms with Crippen LogP contribution in [0.3, 0.4) is 0 Å². The Morgan fingerprint density at radius 2 is 1.70 bits per heavy atom. The highest BCUT2D eigenvalue weighted by Crippen LogP contribution is 2.39. The van der Waals surface area contributed by atoms with Gasteiger partial charge < -0.3 is 30.4 Å². The number of alkyl halides is 3. The molecular weight excluding hydrogens is 617 g/mol. The number of halogens is 3. The number of aliphatic carboxylic acids is 1. The van der Waals surface area contributed by atoms with Crippen LogP contribution < -0.4 is 10.6 Å². The van der Waals surface area contributed by atoms with Crippen molar-refractivity contribution in [3.05, 3.63) is 71.9 Å². The summed E-state index contributed by atoms with van der Waals surface area (Å²) in [5.74, 6) is -3.84. The number of hydrogen-bond acceptors (Lipinski definition) is 5. The standard InChI is InChI=1S/C34H41F3N4O6/c1-33(20-23-21-38-27-14-8-6-12-24(23)27,40-32(46)47-28-15-9-7-13-25(28)34(35,36)37)31(45)41(2)19-18-26(22-10-4-3-5-11-22)39-29(42)16-17-30(43)44/h3-6,8,10-12,14,21,25-26,28,38H,7,9,13,15-20H2,1-2H3,(H,39,42)(H,40,46)(H,43,44). The minimum Gasteiger partial charge on any atom is -0.481 e. The Balaban J connectivity index is 1.53. The van der Waals surface area contributed by atoms with E-state index < -0.39 is 53.7 Å². The predicted molar refractivity (Wildman–Crippen MR) is 168 cm³/mol. The lowest BCUT2D eigenvalue weighted by Crippen LogP contribution is -2.59. The lowest BCUT2D eigenvalue weighted by Gasteiger charge is -2.36. The molecule has 2 aromatic carbocycles. The third-order valence-electron chi connectivity index (χ3n) is 8.65. The van der Waals surface area contributed by atoms with Gasteiger partial charge >= 0.3 is 18.2 Å². The van der Waals surface area contributed by atoms with Gasteiger partial charge in [0.2, 0.25) is 11.8 Å². The highest BCUT2D eigenvalue weighted by atomic mass is 19.4. The van der Waals surface area contributed by atoms with Gasteiger partial charge in [0.15, 0.2) is 0 Å². The maximum Gasteiger partial charge on any atom is 0.408 e. The maximum absolute atomic E-state index is 14.1. The van der Waals surface area contributed by atoms with Crippen molar-refractivity contribution in [3.8, 4) is 0 Å². The van der Waals surface area contributed by atoms with Crippen molar-refractivity contribution in [2.45, 2.75) is 82.2 Å². The number of H-pyrrole nitrogens is 1. The molecule has 0 saturated heterocycles. The average Bonchev–Trinajstić information content (AvgIpc) is 3.43. The largest absolute Gasteiger partial charge is 0.481 e. The SMILES string of the molecule is CN(CCC(NC(=O)CCC(=O)O)c1ccccc1)C(=O)C(C)(Cc1c[nH]c2ccccc12)NC(=O)OC1CCCCC1C(F)(F)F. The van der Waals surface area contributed by atoms with Crippen molar-refractivity contribution in [1.29, 1.82) is 0 Å². The van der Waals surface area contributed by atoms with Crippen LogP contribution in [0.5, 0.6) is 0 Å². The number of carboxylic acid groups (broad SMARTS) is 1. The first-order valence-electron chi connectivity index (χ1n) is 15.7. The van der Waals surface area contributed by atoms with Crippen LogP contribution in [0.15, 0.2) is 60.8 Å². The summed E-state index contributed by atoms with van der Waals surface area (Å²) >= 11 is 0. The molecule has 13 heteroatoms. The highest BCUT2D eigenvalue weighted by Gasteiger charge is 2.48. The molecule has 4 unspecified atom stereocenters. The zero-order chi connectivity index (χ0) is 34.2. The molecule has 47 heavy (non-hydrogen) atoms. The molecule has 1 aliphatic carbocycles. The number of nitrogens with one attached hydrogen (secondary N) is 3. The van der Waals surface area contributed by atoms with Crippen LogP contribution in [0.2, 0.25) is 0 Å². The first kappa shape index (κ1) is 35.3. The predicted octanol–water partition coefficient (Wildman–Crippen LogP) is 5.89. The number of carbonyl (C=O) groups is 4. The molecule has 0 bridgehead atoms. The van der Waals surface area contributed by atoms with E-state index in [1.54, 1.807) is 18.3 Å². The van der Waals surface area contributed by atoms with Gasteiger partial charge in [-0.1, -0.05) is 55.0 Å². The lowest BCUT2D eigenvalue weighted by atomic mass is 9.86. The van der Waals surface area contributed by atoms with Crippen LogP contribution in [0.1, 0.15) is 69.0 Å². The number of benzene rings is 2. The molecule has 1 saturated carbocycles. The van der Waals surface area contributed by atoms with E-state index in [1.165, 1.54) is 18.9 Å². The number of aromatic amines is 1. The van der Waals surface area contributed by atoms with E-state index in [0.29, 0.717) is 18.4 Å². The summed E-state index contributed by atoms with van der Waals surface area (Å²) in [6, 6.07) is 15.9. The Hall–Kier alpha value is -4.55. The van der Waals surface area contributed by atoms with E-state index in [0.717, 1.165) is 16.5 Å². The molecule has 4 rings (SSSR count). The minimum absolute atomic E-state index is 0.0106. The Bertz CT molecular complexity index is 1550. The van der Waals surface area contributed by atoms with Crippen molar-refractivity contribution in [2.24, 2.45) is 5.92 Å². The second kappa shape index (κ2) is 15.4. The third-order valence-corrected chi connectivity index (χ3v) is 8.65. The van der Waals surface area contributed by atoms with E-state index in [2.05, 4.69) is 15.6 Å². The molecule has 1 aromatic heterocycles. The van der Waals surface area contributed by atoms with Gasteiger partial charge in [-0.3, -0.25) is 14.4 Å². The number of alkyl carbamates (subject to hydrolysis) is 1. The number of para-hydroxylation sites is 1. The van der Waals surface area contributed by atoms with Gasteiger partial charge in [0, 0.05) is 43.5 Å². The van der Waals surface area contributed by atoms with Gasteiger partial charge in [0.05, 0.1) is 18.4 Å². The van der Waals surface area contributed by atoms with Crippen molar-refractivity contribution >= 4 is 34.8 Å². The molecule has 1 fully saturated rings. The lowest BCUT2D eigenvalue weighted by molar-refractivity contribution is -0.207. The number of likely N-dealkylation sites (N-methyl/N-ethyl adjacent to an activating group) is 1. The van der Waals surface area contributed by atoms with E-state index in [4.69, 9.17) is 9.84 Å². The molecule has 10 nitrogen and oxygen atoms in total. The van der Waals surface area contributed by atoms with Gasteiger partial charge in [-0.15, -0.1) is 0 Å². The van der Waals surface area contributed by atoms with Crippen LogP contribution in [-0.2, 0) is 25.5 Å². The number of aromatic nitrogens is 1.